The first-order valence-electron chi connectivity index (χ1n) is 14.0. The molecule has 9 heteroatoms. The van der Waals surface area contributed by atoms with E-state index in [1.807, 2.05) is 43.6 Å². The summed E-state index contributed by atoms with van der Waals surface area (Å²) in [6.07, 6.45) is 11.6. The average molecular weight is 536 g/mol. The summed E-state index contributed by atoms with van der Waals surface area (Å²) in [5.74, 6) is 0.810. The lowest BCUT2D eigenvalue weighted by Gasteiger charge is -2.37. The third-order valence-electron chi connectivity index (χ3n) is 8.29. The van der Waals surface area contributed by atoms with Crippen molar-refractivity contribution in [2.75, 3.05) is 31.1 Å². The summed E-state index contributed by atoms with van der Waals surface area (Å²) in [6, 6.07) is 12.3. The molecule has 1 amide bonds. The molecular formula is C31H33N7O2. The van der Waals surface area contributed by atoms with Gasteiger partial charge < -0.3 is 14.9 Å². The van der Waals surface area contributed by atoms with E-state index >= 15 is 0 Å². The molecule has 0 unspecified atom stereocenters. The summed E-state index contributed by atoms with van der Waals surface area (Å²) < 4.78 is 1.75. The molecule has 5 heterocycles. The van der Waals surface area contributed by atoms with Crippen LogP contribution in [0.5, 0.6) is 0 Å². The third kappa shape index (κ3) is 5.03. The highest BCUT2D eigenvalue weighted by atomic mass is 16.3. The molecule has 2 fully saturated rings. The fourth-order valence-electron chi connectivity index (χ4n) is 6.03. The van der Waals surface area contributed by atoms with Crippen LogP contribution in [0.1, 0.15) is 43.4 Å². The number of hydrogen-bond acceptors (Lipinski definition) is 7. The van der Waals surface area contributed by atoms with E-state index in [1.165, 1.54) is 6.42 Å². The summed E-state index contributed by atoms with van der Waals surface area (Å²) in [5, 5.41) is 24.8. The fraction of sp³-hybridized carbons (Fsp3) is 0.387. The molecule has 1 saturated carbocycles. The summed E-state index contributed by atoms with van der Waals surface area (Å²) in [6.45, 7) is 4.43. The van der Waals surface area contributed by atoms with Crippen molar-refractivity contribution in [2.45, 2.75) is 45.1 Å². The van der Waals surface area contributed by atoms with E-state index in [-0.39, 0.29) is 11.8 Å². The number of aromatic nitrogens is 4. The third-order valence-corrected chi connectivity index (χ3v) is 8.29. The number of rotatable bonds is 5. The first-order chi connectivity index (χ1) is 19.5. The molecule has 0 radical (unpaired) electrons. The van der Waals surface area contributed by atoms with Crippen LogP contribution in [-0.2, 0) is 4.79 Å². The van der Waals surface area contributed by atoms with Crippen molar-refractivity contribution in [3.05, 3.63) is 66.4 Å². The monoisotopic (exact) mass is 535 g/mol. The van der Waals surface area contributed by atoms with Crippen molar-refractivity contribution in [1.29, 1.82) is 5.26 Å². The number of aliphatic hydroxyl groups is 1. The quantitative estimate of drug-likeness (QED) is 0.407. The Morgan fingerprint density at radius 1 is 1.00 bits per heavy atom. The second-order valence-corrected chi connectivity index (χ2v) is 10.9. The maximum atomic E-state index is 12.9. The first-order valence-corrected chi connectivity index (χ1v) is 14.0. The van der Waals surface area contributed by atoms with Crippen molar-refractivity contribution < 1.29 is 9.90 Å². The molecule has 0 bridgehead atoms. The smallest absolute Gasteiger partial charge is 0.251 e. The van der Waals surface area contributed by atoms with Crippen LogP contribution in [0, 0.1) is 24.2 Å². The van der Waals surface area contributed by atoms with Gasteiger partial charge in [-0.2, -0.15) is 10.4 Å². The molecule has 2 aliphatic rings. The minimum Gasteiger partial charge on any atom is -0.383 e. The topological polar surface area (TPSA) is 111 Å². The van der Waals surface area contributed by atoms with E-state index in [0.717, 1.165) is 65.0 Å². The highest BCUT2D eigenvalue weighted by molar-refractivity contribution is 5.87. The lowest BCUT2D eigenvalue weighted by atomic mass is 9.85. The van der Waals surface area contributed by atoms with Crippen molar-refractivity contribution in [3.8, 4) is 28.3 Å². The number of aliphatic hydroxyl groups excluding tert-OH is 1. The zero-order chi connectivity index (χ0) is 27.6. The molecule has 0 aromatic carbocycles. The van der Waals surface area contributed by atoms with Crippen molar-refractivity contribution in [3.63, 3.8) is 0 Å². The van der Waals surface area contributed by atoms with Crippen LogP contribution in [0.4, 0.5) is 5.82 Å². The maximum absolute atomic E-state index is 12.9. The van der Waals surface area contributed by atoms with Gasteiger partial charge in [-0.05, 0) is 61.6 Å². The van der Waals surface area contributed by atoms with Crippen molar-refractivity contribution in [2.24, 2.45) is 5.92 Å². The van der Waals surface area contributed by atoms with Gasteiger partial charge in [0.1, 0.15) is 18.0 Å². The molecule has 1 saturated heterocycles. The number of fused-ring (bicyclic) bond motifs is 1. The molecular weight excluding hydrogens is 502 g/mol. The first kappa shape index (κ1) is 26.0. The Hall–Kier alpha value is -4.29. The Morgan fingerprint density at radius 2 is 1.80 bits per heavy atom. The number of nitriles is 1. The summed E-state index contributed by atoms with van der Waals surface area (Å²) in [5.41, 5.74) is 5.95. The Morgan fingerprint density at radius 3 is 2.50 bits per heavy atom. The van der Waals surface area contributed by atoms with Gasteiger partial charge in [-0.15, -0.1) is 0 Å². The Balaban J connectivity index is 1.21. The number of carbonyl (C=O) groups excluding carboxylic acids is 1. The Kier molecular flexibility index (Phi) is 7.18. The van der Waals surface area contributed by atoms with Gasteiger partial charge in [0, 0.05) is 67.2 Å². The van der Waals surface area contributed by atoms with Gasteiger partial charge in [0.2, 0.25) is 0 Å². The number of amides is 1. The molecule has 0 spiro atoms. The van der Waals surface area contributed by atoms with E-state index in [9.17, 15) is 15.2 Å². The van der Waals surface area contributed by atoms with Crippen molar-refractivity contribution in [1.82, 2.24) is 24.5 Å². The van der Waals surface area contributed by atoms with Crippen LogP contribution in [0.15, 0.2) is 55.1 Å². The van der Waals surface area contributed by atoms with E-state index < -0.39 is 6.10 Å². The van der Waals surface area contributed by atoms with Crippen molar-refractivity contribution >= 4 is 17.2 Å². The molecule has 1 atom stereocenters. The number of anilines is 1. The molecule has 4 aromatic heterocycles. The zero-order valence-corrected chi connectivity index (χ0v) is 22.7. The largest absolute Gasteiger partial charge is 0.383 e. The van der Waals surface area contributed by atoms with Crippen LogP contribution in [0.25, 0.3) is 27.8 Å². The molecule has 6 rings (SSSR count). The molecule has 1 aliphatic heterocycles. The second-order valence-electron chi connectivity index (χ2n) is 10.9. The van der Waals surface area contributed by atoms with E-state index in [2.05, 4.69) is 27.1 Å². The standard InChI is InChI=1S/C31H33N7O2/c1-21-15-23(9-10-33-21)25-16-27(29-26(17-32)19-35-38(29)20-25)24-7-8-28(34-18-24)36-11-13-37(14-12-36)31(40)30(39)22-5-3-2-4-6-22/h7-10,15-16,18-20,22,30,39H,2-6,11-14H2,1H3/t30-/m1/s1. The molecule has 204 valence electrons. The Bertz CT molecular complexity index is 1560. The summed E-state index contributed by atoms with van der Waals surface area (Å²) in [4.78, 5) is 26.0. The number of piperazine rings is 1. The lowest BCUT2D eigenvalue weighted by molar-refractivity contribution is -0.144. The Labute approximate surface area is 233 Å². The summed E-state index contributed by atoms with van der Waals surface area (Å²) in [7, 11) is 0. The van der Waals surface area contributed by atoms with Gasteiger partial charge in [-0.3, -0.25) is 9.78 Å². The highest BCUT2D eigenvalue weighted by Crippen LogP contribution is 2.33. The fourth-order valence-corrected chi connectivity index (χ4v) is 6.03. The van der Waals surface area contributed by atoms with Gasteiger partial charge in [0.05, 0.1) is 17.3 Å². The molecule has 40 heavy (non-hydrogen) atoms. The van der Waals surface area contributed by atoms with E-state index in [0.29, 0.717) is 31.7 Å². The van der Waals surface area contributed by atoms with Crippen LogP contribution in [0.2, 0.25) is 0 Å². The predicted molar refractivity (Wildman–Crippen MR) is 152 cm³/mol. The molecule has 1 N–H and O–H groups in total. The molecule has 9 nitrogen and oxygen atoms in total. The van der Waals surface area contributed by atoms with Crippen LogP contribution in [0.3, 0.4) is 0 Å². The van der Waals surface area contributed by atoms with Gasteiger partial charge in [-0.1, -0.05) is 19.3 Å². The zero-order valence-electron chi connectivity index (χ0n) is 22.7. The minimum atomic E-state index is -0.880. The van der Waals surface area contributed by atoms with Gasteiger partial charge in [0.25, 0.3) is 5.91 Å². The highest BCUT2D eigenvalue weighted by Gasteiger charge is 2.32. The van der Waals surface area contributed by atoms with Gasteiger partial charge >= 0.3 is 0 Å². The predicted octanol–water partition coefficient (Wildman–Crippen LogP) is 4.23. The van der Waals surface area contributed by atoms with Crippen LogP contribution >= 0.6 is 0 Å². The van der Waals surface area contributed by atoms with Crippen LogP contribution in [-0.4, -0.2) is 67.8 Å². The van der Waals surface area contributed by atoms with Gasteiger partial charge in [0.15, 0.2) is 0 Å². The number of hydrogen-bond donors (Lipinski definition) is 1. The maximum Gasteiger partial charge on any atom is 0.251 e. The lowest BCUT2D eigenvalue weighted by Crippen LogP contribution is -2.53. The average Bonchev–Trinajstić information content (AvgIpc) is 3.44. The minimum absolute atomic E-state index is 0.0957. The molecule has 1 aliphatic carbocycles. The number of aryl methyl sites for hydroxylation is 1. The molecule has 4 aromatic rings. The number of pyridine rings is 3. The number of carbonyl (C=O) groups is 1. The number of nitrogens with zero attached hydrogens (tertiary/aromatic N) is 7. The normalized spacial score (nSPS) is 17.1. The van der Waals surface area contributed by atoms with Gasteiger partial charge in [-0.25, -0.2) is 9.50 Å². The summed E-state index contributed by atoms with van der Waals surface area (Å²) >= 11 is 0. The van der Waals surface area contributed by atoms with E-state index in [4.69, 9.17) is 4.98 Å². The SMILES string of the molecule is Cc1cc(-c2cc(-c3ccc(N4CCN(C(=O)[C@H](O)C5CCCCC5)CC4)nc3)c3c(C#N)cnn3c2)ccn1. The van der Waals surface area contributed by atoms with Crippen LogP contribution < -0.4 is 4.90 Å². The van der Waals surface area contributed by atoms with E-state index in [1.54, 1.807) is 21.8 Å². The second kappa shape index (κ2) is 11.1.